The SMILES string of the molecule is CCCNC(=O)c1ccc(NC(=O)c2ccccc2S(=O)(=O)CC)cc1Cl. The summed E-state index contributed by atoms with van der Waals surface area (Å²) >= 11 is 6.15. The van der Waals surface area contributed by atoms with E-state index < -0.39 is 15.7 Å². The van der Waals surface area contributed by atoms with Crippen LogP contribution in [0.15, 0.2) is 47.4 Å². The quantitative estimate of drug-likeness (QED) is 0.733. The third-order valence-corrected chi connectivity index (χ3v) is 5.95. The van der Waals surface area contributed by atoms with E-state index in [9.17, 15) is 18.0 Å². The maximum atomic E-state index is 12.6. The van der Waals surface area contributed by atoms with Gasteiger partial charge in [0.25, 0.3) is 11.8 Å². The molecule has 2 amide bonds. The van der Waals surface area contributed by atoms with Crippen LogP contribution in [0.3, 0.4) is 0 Å². The molecule has 0 spiro atoms. The molecule has 2 N–H and O–H groups in total. The Morgan fingerprint density at radius 2 is 1.70 bits per heavy atom. The molecule has 0 aromatic heterocycles. The second-order valence-electron chi connectivity index (χ2n) is 5.80. The van der Waals surface area contributed by atoms with Gasteiger partial charge in [0.15, 0.2) is 9.84 Å². The second-order valence-corrected chi connectivity index (χ2v) is 8.46. The number of nitrogens with one attached hydrogen (secondary N) is 2. The number of carbonyl (C=O) groups excluding carboxylic acids is 2. The van der Waals surface area contributed by atoms with Gasteiger partial charge in [-0.2, -0.15) is 0 Å². The van der Waals surface area contributed by atoms with Crippen molar-refractivity contribution in [1.82, 2.24) is 5.32 Å². The molecular formula is C19H21ClN2O4S. The highest BCUT2D eigenvalue weighted by atomic mass is 35.5. The van der Waals surface area contributed by atoms with E-state index >= 15 is 0 Å². The highest BCUT2D eigenvalue weighted by Gasteiger charge is 2.21. The first kappa shape index (κ1) is 20.9. The first-order chi connectivity index (χ1) is 12.8. The molecule has 27 heavy (non-hydrogen) atoms. The van der Waals surface area contributed by atoms with Crippen LogP contribution in [0.2, 0.25) is 5.02 Å². The van der Waals surface area contributed by atoms with Crippen molar-refractivity contribution in [2.24, 2.45) is 0 Å². The number of carbonyl (C=O) groups is 2. The van der Waals surface area contributed by atoms with Crippen LogP contribution in [0.1, 0.15) is 41.0 Å². The minimum Gasteiger partial charge on any atom is -0.352 e. The number of halogens is 1. The minimum absolute atomic E-state index is 0.0216. The average Bonchev–Trinajstić information content (AvgIpc) is 2.66. The molecule has 0 aliphatic rings. The molecule has 0 aliphatic carbocycles. The molecule has 2 aromatic rings. The number of sulfone groups is 1. The third kappa shape index (κ3) is 5.08. The average molecular weight is 409 g/mol. The molecule has 8 heteroatoms. The summed E-state index contributed by atoms with van der Waals surface area (Å²) in [5.74, 6) is -0.967. The van der Waals surface area contributed by atoms with E-state index in [4.69, 9.17) is 11.6 Å². The first-order valence-electron chi connectivity index (χ1n) is 8.51. The van der Waals surface area contributed by atoms with Crippen molar-refractivity contribution in [3.63, 3.8) is 0 Å². The molecule has 0 atom stereocenters. The van der Waals surface area contributed by atoms with Crippen molar-refractivity contribution in [3.8, 4) is 0 Å². The van der Waals surface area contributed by atoms with Crippen LogP contribution in [-0.4, -0.2) is 32.5 Å². The summed E-state index contributed by atoms with van der Waals surface area (Å²) in [6.07, 6.45) is 0.803. The van der Waals surface area contributed by atoms with Crippen LogP contribution < -0.4 is 10.6 Å². The molecule has 0 bridgehead atoms. The van der Waals surface area contributed by atoms with E-state index in [-0.39, 0.29) is 27.1 Å². The van der Waals surface area contributed by atoms with Gasteiger partial charge in [0.05, 0.1) is 26.8 Å². The zero-order valence-corrected chi connectivity index (χ0v) is 16.7. The number of amides is 2. The third-order valence-electron chi connectivity index (χ3n) is 3.85. The van der Waals surface area contributed by atoms with E-state index in [1.807, 2.05) is 6.92 Å². The predicted octanol–water partition coefficient (Wildman–Crippen LogP) is 3.53. The van der Waals surface area contributed by atoms with Crippen LogP contribution in [-0.2, 0) is 9.84 Å². The maximum absolute atomic E-state index is 12.6. The lowest BCUT2D eigenvalue weighted by Crippen LogP contribution is -2.24. The zero-order valence-electron chi connectivity index (χ0n) is 15.1. The Morgan fingerprint density at radius 3 is 2.33 bits per heavy atom. The summed E-state index contributed by atoms with van der Waals surface area (Å²) in [5.41, 5.74) is 0.720. The maximum Gasteiger partial charge on any atom is 0.256 e. The molecule has 0 unspecified atom stereocenters. The van der Waals surface area contributed by atoms with Crippen molar-refractivity contribution >= 4 is 38.9 Å². The van der Waals surface area contributed by atoms with Gasteiger partial charge in [-0.15, -0.1) is 0 Å². The lowest BCUT2D eigenvalue weighted by Gasteiger charge is -2.11. The van der Waals surface area contributed by atoms with Crippen molar-refractivity contribution in [3.05, 3.63) is 58.6 Å². The summed E-state index contributed by atoms with van der Waals surface area (Å²) in [5, 5.41) is 5.54. The summed E-state index contributed by atoms with van der Waals surface area (Å²) in [6.45, 7) is 4.00. The Bertz CT molecular complexity index is 958. The first-order valence-corrected chi connectivity index (χ1v) is 10.5. The van der Waals surface area contributed by atoms with E-state index in [2.05, 4.69) is 10.6 Å². The second kappa shape index (κ2) is 9.01. The fraction of sp³-hybridized carbons (Fsp3) is 0.263. The molecule has 0 saturated heterocycles. The number of anilines is 1. The van der Waals surface area contributed by atoms with Crippen LogP contribution in [0.5, 0.6) is 0 Å². The summed E-state index contributed by atoms with van der Waals surface area (Å²) in [7, 11) is -3.54. The topological polar surface area (TPSA) is 92.3 Å². The Balaban J connectivity index is 2.25. The highest BCUT2D eigenvalue weighted by Crippen LogP contribution is 2.23. The van der Waals surface area contributed by atoms with Gasteiger partial charge in [0.2, 0.25) is 0 Å². The monoisotopic (exact) mass is 408 g/mol. The normalized spacial score (nSPS) is 11.1. The van der Waals surface area contributed by atoms with E-state index in [1.54, 1.807) is 18.2 Å². The smallest absolute Gasteiger partial charge is 0.256 e. The molecule has 144 valence electrons. The van der Waals surface area contributed by atoms with E-state index in [0.29, 0.717) is 17.8 Å². The zero-order chi connectivity index (χ0) is 20.0. The Kier molecular flexibility index (Phi) is 6.98. The number of benzene rings is 2. The standard InChI is InChI=1S/C19H21ClN2O4S/c1-3-11-21-18(23)14-10-9-13(12-16(14)20)22-19(24)15-7-5-6-8-17(15)27(25,26)4-2/h5-10,12H,3-4,11H2,1-2H3,(H,21,23)(H,22,24). The molecule has 6 nitrogen and oxygen atoms in total. The van der Waals surface area contributed by atoms with Gasteiger partial charge < -0.3 is 10.6 Å². The van der Waals surface area contributed by atoms with Gasteiger partial charge in [0, 0.05) is 12.2 Å². The van der Waals surface area contributed by atoms with Gasteiger partial charge in [-0.05, 0) is 36.8 Å². The van der Waals surface area contributed by atoms with E-state index in [0.717, 1.165) is 6.42 Å². The van der Waals surface area contributed by atoms with Crippen LogP contribution in [0, 0.1) is 0 Å². The Labute approximate surface area is 163 Å². The van der Waals surface area contributed by atoms with E-state index in [1.165, 1.54) is 31.2 Å². The van der Waals surface area contributed by atoms with Crippen LogP contribution >= 0.6 is 11.6 Å². The molecule has 0 fully saturated rings. The van der Waals surface area contributed by atoms with Gasteiger partial charge in [0.1, 0.15) is 0 Å². The summed E-state index contributed by atoms with van der Waals surface area (Å²) in [6, 6.07) is 10.5. The summed E-state index contributed by atoms with van der Waals surface area (Å²) in [4.78, 5) is 24.6. The molecule has 2 aromatic carbocycles. The lowest BCUT2D eigenvalue weighted by atomic mass is 10.1. The van der Waals surface area contributed by atoms with Crippen molar-refractivity contribution in [2.45, 2.75) is 25.2 Å². The fourth-order valence-corrected chi connectivity index (χ4v) is 3.75. The van der Waals surface area contributed by atoms with Crippen molar-refractivity contribution in [1.29, 1.82) is 0 Å². The molecule has 0 saturated carbocycles. The number of hydrogen-bond donors (Lipinski definition) is 2. The highest BCUT2D eigenvalue weighted by molar-refractivity contribution is 7.91. The number of hydrogen-bond acceptors (Lipinski definition) is 4. The van der Waals surface area contributed by atoms with Crippen molar-refractivity contribution in [2.75, 3.05) is 17.6 Å². The Hall–Kier alpha value is -2.38. The van der Waals surface area contributed by atoms with Gasteiger partial charge in [-0.3, -0.25) is 9.59 Å². The number of rotatable bonds is 7. The molecule has 0 radical (unpaired) electrons. The van der Waals surface area contributed by atoms with Gasteiger partial charge in [-0.1, -0.05) is 37.6 Å². The molecule has 0 aliphatic heterocycles. The fourth-order valence-electron chi connectivity index (χ4n) is 2.39. The van der Waals surface area contributed by atoms with Crippen LogP contribution in [0.25, 0.3) is 0 Å². The molecule has 2 rings (SSSR count). The lowest BCUT2D eigenvalue weighted by molar-refractivity contribution is 0.0953. The summed E-state index contributed by atoms with van der Waals surface area (Å²) < 4.78 is 24.4. The minimum atomic E-state index is -3.54. The molecule has 0 heterocycles. The Morgan fingerprint density at radius 1 is 1.00 bits per heavy atom. The van der Waals surface area contributed by atoms with Gasteiger partial charge in [-0.25, -0.2) is 8.42 Å². The van der Waals surface area contributed by atoms with Gasteiger partial charge >= 0.3 is 0 Å². The predicted molar refractivity (Wildman–Crippen MR) is 106 cm³/mol. The molecular weight excluding hydrogens is 388 g/mol. The largest absolute Gasteiger partial charge is 0.352 e. The van der Waals surface area contributed by atoms with Crippen LogP contribution in [0.4, 0.5) is 5.69 Å². The van der Waals surface area contributed by atoms with Crippen molar-refractivity contribution < 1.29 is 18.0 Å².